The molecule has 1 aromatic carbocycles. The molecule has 2 nitrogen and oxygen atoms in total. The minimum absolute atomic E-state index is 0.114. The van der Waals surface area contributed by atoms with Crippen LogP contribution >= 0.6 is 22.7 Å². The van der Waals surface area contributed by atoms with Crippen LogP contribution in [0, 0.1) is 5.82 Å². The normalized spacial score (nSPS) is 17.1. The maximum atomic E-state index is 14.1. The lowest BCUT2D eigenvalue weighted by molar-refractivity contribution is 0.0694. The minimum Gasteiger partial charge on any atom is -0.326 e. The number of hydrogen-bond acceptors (Lipinski definition) is 3. The van der Waals surface area contributed by atoms with Gasteiger partial charge in [0.25, 0.3) is 5.91 Å². The standard InChI is InChI=1S/C18H14FNOS2/c19-14-5-2-1-4-12(14)18(21)20-9-7-15-13(8-11-23-15)17(20)16-6-3-10-22-16/h1-6,8,10-11,17H,7,9H2/t17-/m1/s1. The minimum atomic E-state index is -0.460. The molecule has 116 valence electrons. The number of nitrogens with zero attached hydrogens (tertiary/aromatic N) is 1. The Bertz CT molecular complexity index is 840. The molecule has 3 heterocycles. The molecule has 1 aliphatic rings. The van der Waals surface area contributed by atoms with E-state index in [9.17, 15) is 9.18 Å². The van der Waals surface area contributed by atoms with Gasteiger partial charge in [-0.25, -0.2) is 4.39 Å². The molecule has 1 amide bonds. The van der Waals surface area contributed by atoms with Crippen molar-refractivity contribution in [3.63, 3.8) is 0 Å². The van der Waals surface area contributed by atoms with Gasteiger partial charge in [0.1, 0.15) is 5.82 Å². The Morgan fingerprint density at radius 3 is 2.74 bits per heavy atom. The Morgan fingerprint density at radius 2 is 1.96 bits per heavy atom. The molecule has 0 unspecified atom stereocenters. The van der Waals surface area contributed by atoms with Gasteiger partial charge >= 0.3 is 0 Å². The van der Waals surface area contributed by atoms with Crippen molar-refractivity contribution >= 4 is 28.6 Å². The summed E-state index contributed by atoms with van der Waals surface area (Å²) in [4.78, 5) is 17.2. The molecular formula is C18H14FNOS2. The first kappa shape index (κ1) is 14.6. The van der Waals surface area contributed by atoms with Gasteiger partial charge in [-0.05, 0) is 47.0 Å². The zero-order valence-electron chi connectivity index (χ0n) is 12.2. The second kappa shape index (κ2) is 5.91. The molecule has 0 fully saturated rings. The summed E-state index contributed by atoms with van der Waals surface area (Å²) in [6.07, 6.45) is 0.828. The fraction of sp³-hybridized carbons (Fsp3) is 0.167. The summed E-state index contributed by atoms with van der Waals surface area (Å²) in [5.41, 5.74) is 1.32. The van der Waals surface area contributed by atoms with Gasteiger partial charge in [-0.1, -0.05) is 18.2 Å². The number of benzene rings is 1. The first-order chi connectivity index (χ1) is 11.3. The van der Waals surface area contributed by atoms with Crippen LogP contribution < -0.4 is 0 Å². The fourth-order valence-corrected chi connectivity index (χ4v) is 4.84. The van der Waals surface area contributed by atoms with E-state index in [2.05, 4.69) is 11.4 Å². The van der Waals surface area contributed by atoms with Gasteiger partial charge in [-0.3, -0.25) is 4.79 Å². The maximum absolute atomic E-state index is 14.1. The second-order valence-corrected chi connectivity index (χ2v) is 7.43. The molecule has 0 N–H and O–H groups in total. The highest BCUT2D eigenvalue weighted by Crippen LogP contribution is 2.40. The summed E-state index contributed by atoms with van der Waals surface area (Å²) in [6, 6.07) is 12.2. The van der Waals surface area contributed by atoms with Gasteiger partial charge in [0.15, 0.2) is 0 Å². The molecule has 4 rings (SSSR count). The first-order valence-electron chi connectivity index (χ1n) is 7.41. The molecule has 1 aliphatic heterocycles. The number of rotatable bonds is 2. The number of hydrogen-bond donors (Lipinski definition) is 0. The van der Waals surface area contributed by atoms with Crippen LogP contribution in [-0.4, -0.2) is 17.4 Å². The molecule has 0 bridgehead atoms. The van der Waals surface area contributed by atoms with E-state index in [0.29, 0.717) is 6.54 Å². The lowest BCUT2D eigenvalue weighted by Gasteiger charge is -2.35. The topological polar surface area (TPSA) is 20.3 Å². The Labute approximate surface area is 141 Å². The fourth-order valence-electron chi connectivity index (χ4n) is 3.08. The van der Waals surface area contributed by atoms with Crippen molar-refractivity contribution in [2.75, 3.05) is 6.54 Å². The van der Waals surface area contributed by atoms with Gasteiger partial charge in [0, 0.05) is 16.3 Å². The zero-order valence-corrected chi connectivity index (χ0v) is 13.9. The van der Waals surface area contributed by atoms with Crippen molar-refractivity contribution in [3.8, 4) is 0 Å². The molecule has 2 aromatic heterocycles. The molecule has 0 spiro atoms. The van der Waals surface area contributed by atoms with E-state index in [1.165, 1.54) is 16.5 Å². The first-order valence-corrected chi connectivity index (χ1v) is 9.17. The number of halogens is 1. The monoisotopic (exact) mass is 343 g/mol. The molecule has 5 heteroatoms. The smallest absolute Gasteiger partial charge is 0.257 e. The third-order valence-corrected chi connectivity index (χ3v) is 6.06. The summed E-state index contributed by atoms with van der Waals surface area (Å²) >= 11 is 3.37. The van der Waals surface area contributed by atoms with Gasteiger partial charge in [-0.2, -0.15) is 0 Å². The van der Waals surface area contributed by atoms with Crippen molar-refractivity contribution in [3.05, 3.63) is 79.9 Å². The summed E-state index contributed by atoms with van der Waals surface area (Å²) in [5.74, 6) is -0.697. The Hall–Kier alpha value is -1.98. The largest absolute Gasteiger partial charge is 0.326 e. The SMILES string of the molecule is O=C(c1ccccc1F)N1CCc2sccc2[C@@H]1c1cccs1. The predicted octanol–water partition coefficient (Wildman–Crippen LogP) is 4.74. The average molecular weight is 343 g/mol. The van der Waals surface area contributed by atoms with Gasteiger partial charge in [-0.15, -0.1) is 22.7 Å². The quantitative estimate of drug-likeness (QED) is 0.658. The van der Waals surface area contributed by atoms with Crippen molar-refractivity contribution in [1.82, 2.24) is 4.90 Å². The van der Waals surface area contributed by atoms with E-state index in [1.807, 2.05) is 17.5 Å². The van der Waals surface area contributed by atoms with Crippen LogP contribution in [0.1, 0.15) is 31.7 Å². The Kier molecular flexibility index (Phi) is 3.75. The van der Waals surface area contributed by atoms with E-state index in [1.54, 1.807) is 45.8 Å². The van der Waals surface area contributed by atoms with E-state index in [-0.39, 0.29) is 17.5 Å². The van der Waals surface area contributed by atoms with Crippen LogP contribution in [-0.2, 0) is 6.42 Å². The number of thiophene rings is 2. The highest BCUT2D eigenvalue weighted by Gasteiger charge is 2.34. The Morgan fingerprint density at radius 1 is 1.09 bits per heavy atom. The average Bonchev–Trinajstić information content (AvgIpc) is 3.25. The molecule has 0 saturated carbocycles. The molecule has 3 aromatic rings. The number of fused-ring (bicyclic) bond motifs is 1. The second-order valence-electron chi connectivity index (χ2n) is 5.45. The highest BCUT2D eigenvalue weighted by atomic mass is 32.1. The third-order valence-electron chi connectivity index (χ3n) is 4.14. The van der Waals surface area contributed by atoms with Gasteiger partial charge in [0.2, 0.25) is 0 Å². The number of carbonyl (C=O) groups is 1. The Balaban J connectivity index is 1.78. The van der Waals surface area contributed by atoms with E-state index >= 15 is 0 Å². The summed E-state index contributed by atoms with van der Waals surface area (Å²) in [6.45, 7) is 0.614. The summed E-state index contributed by atoms with van der Waals surface area (Å²) in [5, 5.41) is 4.09. The number of amides is 1. The molecule has 0 aliphatic carbocycles. The lowest BCUT2D eigenvalue weighted by Crippen LogP contribution is -2.40. The molecular weight excluding hydrogens is 329 g/mol. The van der Waals surface area contributed by atoms with Crippen LogP contribution in [0.5, 0.6) is 0 Å². The van der Waals surface area contributed by atoms with Crippen LogP contribution in [0.3, 0.4) is 0 Å². The predicted molar refractivity (Wildman–Crippen MR) is 91.6 cm³/mol. The van der Waals surface area contributed by atoms with Crippen molar-refractivity contribution in [2.24, 2.45) is 0 Å². The molecule has 0 saturated heterocycles. The molecule has 1 atom stereocenters. The molecule has 0 radical (unpaired) electrons. The third kappa shape index (κ3) is 2.50. The van der Waals surface area contributed by atoms with Crippen LogP contribution in [0.15, 0.2) is 53.2 Å². The lowest BCUT2D eigenvalue weighted by atomic mass is 9.97. The van der Waals surface area contributed by atoms with E-state index in [4.69, 9.17) is 0 Å². The van der Waals surface area contributed by atoms with Crippen LogP contribution in [0.4, 0.5) is 4.39 Å². The summed E-state index contributed by atoms with van der Waals surface area (Å²) in [7, 11) is 0. The zero-order chi connectivity index (χ0) is 15.8. The number of carbonyl (C=O) groups excluding carboxylic acids is 1. The van der Waals surface area contributed by atoms with Gasteiger partial charge < -0.3 is 4.90 Å². The molecule has 23 heavy (non-hydrogen) atoms. The van der Waals surface area contributed by atoms with Crippen molar-refractivity contribution in [2.45, 2.75) is 12.5 Å². The van der Waals surface area contributed by atoms with Gasteiger partial charge in [0.05, 0.1) is 11.6 Å². The maximum Gasteiger partial charge on any atom is 0.257 e. The van der Waals surface area contributed by atoms with E-state index < -0.39 is 5.82 Å². The highest BCUT2D eigenvalue weighted by molar-refractivity contribution is 7.10. The van der Waals surface area contributed by atoms with Crippen molar-refractivity contribution in [1.29, 1.82) is 0 Å². The summed E-state index contributed by atoms with van der Waals surface area (Å²) < 4.78 is 14.1. The van der Waals surface area contributed by atoms with Crippen LogP contribution in [0.25, 0.3) is 0 Å². The van der Waals surface area contributed by atoms with E-state index in [0.717, 1.165) is 11.3 Å². The van der Waals surface area contributed by atoms with Crippen molar-refractivity contribution < 1.29 is 9.18 Å². The van der Waals surface area contributed by atoms with Crippen LogP contribution in [0.2, 0.25) is 0 Å².